The molecule has 0 aliphatic carbocycles. The lowest BCUT2D eigenvalue weighted by molar-refractivity contribution is 0.668. The molecule has 51 heavy (non-hydrogen) atoms. The molecule has 0 aliphatic rings. The maximum absolute atomic E-state index is 9.70. The molecule has 4 aromatic heterocycles. The van der Waals surface area contributed by atoms with Gasteiger partial charge in [-0.3, -0.25) is 0 Å². The third-order valence-electron chi connectivity index (χ3n) is 9.27. The maximum atomic E-state index is 9.70. The SMILES string of the molecule is [2H]c1c([2H])c([2H])c2c(sc3c([2H])c(-c4nc(-c5ccccc5)nc(-c5cccc6oc7ccccc7c56)n4)c([2H])c([2H])c32)c1-c1cccc2oc3ccccc3c12. The molecule has 0 atom stereocenters. The predicted octanol–water partition coefficient (Wildman–Crippen LogP) is 12.7. The molecule has 0 saturated carbocycles. The normalized spacial score (nSPS) is 13.6. The van der Waals surface area contributed by atoms with Gasteiger partial charge in [-0.05, 0) is 35.9 Å². The van der Waals surface area contributed by atoms with E-state index in [9.17, 15) is 5.48 Å². The number of fused-ring (bicyclic) bond motifs is 9. The molecule has 7 aromatic carbocycles. The van der Waals surface area contributed by atoms with E-state index in [4.69, 9.17) is 26.5 Å². The molecule has 0 fully saturated rings. The molecule has 0 unspecified atom stereocenters. The van der Waals surface area contributed by atoms with Crippen molar-refractivity contribution in [1.29, 1.82) is 0 Å². The first kappa shape index (κ1) is 22.9. The Balaban J connectivity index is 1.21. The van der Waals surface area contributed by atoms with E-state index in [0.717, 1.165) is 21.5 Å². The van der Waals surface area contributed by atoms with Crippen LogP contribution in [0.2, 0.25) is 0 Å². The van der Waals surface area contributed by atoms with Crippen molar-refractivity contribution >= 4 is 75.4 Å². The topological polar surface area (TPSA) is 65.0 Å². The second-order valence-electron chi connectivity index (χ2n) is 12.2. The maximum Gasteiger partial charge on any atom is 0.164 e. The van der Waals surface area contributed by atoms with Crippen LogP contribution in [0.1, 0.15) is 8.22 Å². The Kier molecular flexibility index (Phi) is 4.91. The third kappa shape index (κ3) is 4.37. The summed E-state index contributed by atoms with van der Waals surface area (Å²) in [6, 6.07) is 34.7. The van der Waals surface area contributed by atoms with Crippen molar-refractivity contribution in [2.24, 2.45) is 0 Å². The van der Waals surface area contributed by atoms with Gasteiger partial charge in [-0.15, -0.1) is 11.3 Å². The molecule has 238 valence electrons. The molecule has 6 heteroatoms. The Labute approximate surface area is 303 Å². The molecule has 0 saturated heterocycles. The Morgan fingerprint density at radius 1 is 0.451 bits per heavy atom. The van der Waals surface area contributed by atoms with Crippen molar-refractivity contribution < 1.29 is 17.1 Å². The lowest BCUT2D eigenvalue weighted by Gasteiger charge is -2.09. The predicted molar refractivity (Wildman–Crippen MR) is 209 cm³/mol. The molecular formula is C45H25N3O2S. The number of thiophene rings is 1. The number of rotatable bonds is 4. The number of hydrogen-bond acceptors (Lipinski definition) is 6. The van der Waals surface area contributed by atoms with E-state index in [1.807, 2.05) is 115 Å². The van der Waals surface area contributed by atoms with Gasteiger partial charge in [0.15, 0.2) is 17.5 Å². The average molecular weight is 678 g/mol. The number of furan rings is 2. The smallest absolute Gasteiger partial charge is 0.164 e. The molecule has 11 rings (SSSR count). The first-order chi connectivity index (χ1) is 27.8. The van der Waals surface area contributed by atoms with Crippen molar-refractivity contribution in [2.45, 2.75) is 0 Å². The van der Waals surface area contributed by atoms with Gasteiger partial charge in [0.05, 0.1) is 8.22 Å². The highest BCUT2D eigenvalue weighted by atomic mass is 32.1. The van der Waals surface area contributed by atoms with Crippen LogP contribution in [-0.2, 0) is 0 Å². The Bertz CT molecular complexity index is 3510. The molecule has 0 N–H and O–H groups in total. The Hall–Kier alpha value is -6.63. The van der Waals surface area contributed by atoms with Crippen LogP contribution >= 0.6 is 11.3 Å². The van der Waals surface area contributed by atoms with E-state index in [2.05, 4.69) is 0 Å². The highest BCUT2D eigenvalue weighted by Gasteiger charge is 2.20. The van der Waals surface area contributed by atoms with Crippen LogP contribution in [0.25, 0.3) is 109 Å². The van der Waals surface area contributed by atoms with Crippen LogP contribution in [-0.4, -0.2) is 15.0 Å². The minimum atomic E-state index is -0.306. The van der Waals surface area contributed by atoms with Crippen molar-refractivity contribution in [3.8, 4) is 45.3 Å². The van der Waals surface area contributed by atoms with Crippen molar-refractivity contribution in [3.05, 3.63) is 152 Å². The van der Waals surface area contributed by atoms with Crippen LogP contribution in [0.4, 0.5) is 0 Å². The quantitative estimate of drug-likeness (QED) is 0.185. The molecule has 0 spiro atoms. The van der Waals surface area contributed by atoms with Crippen LogP contribution in [0.3, 0.4) is 0 Å². The monoisotopic (exact) mass is 677 g/mol. The first-order valence-electron chi connectivity index (χ1n) is 19.4. The van der Waals surface area contributed by atoms with E-state index in [1.165, 1.54) is 11.3 Å². The van der Waals surface area contributed by atoms with Crippen molar-refractivity contribution in [3.63, 3.8) is 0 Å². The summed E-state index contributed by atoms with van der Waals surface area (Å²) in [5.41, 5.74) is 5.14. The Morgan fingerprint density at radius 2 is 1.06 bits per heavy atom. The van der Waals surface area contributed by atoms with Crippen molar-refractivity contribution in [2.75, 3.05) is 0 Å². The second-order valence-corrected chi connectivity index (χ2v) is 13.3. The van der Waals surface area contributed by atoms with Crippen molar-refractivity contribution in [1.82, 2.24) is 15.0 Å². The number of benzene rings is 7. The van der Waals surface area contributed by atoms with E-state index < -0.39 is 0 Å². The zero-order chi connectivity index (χ0) is 38.7. The highest BCUT2D eigenvalue weighted by Crippen LogP contribution is 2.45. The first-order valence-corrected chi connectivity index (χ1v) is 17.2. The Morgan fingerprint density at radius 3 is 1.80 bits per heavy atom. The third-order valence-corrected chi connectivity index (χ3v) is 10.4. The molecule has 11 aromatic rings. The van der Waals surface area contributed by atoms with Crippen LogP contribution < -0.4 is 0 Å². The fourth-order valence-corrected chi connectivity index (χ4v) is 8.12. The van der Waals surface area contributed by atoms with Crippen LogP contribution in [0.15, 0.2) is 160 Å². The molecule has 0 radical (unpaired) electrons. The van der Waals surface area contributed by atoms with E-state index in [1.54, 1.807) is 0 Å². The summed E-state index contributed by atoms with van der Waals surface area (Å²) in [5, 5.41) is 3.78. The number of aromatic nitrogens is 3. The largest absolute Gasteiger partial charge is 0.456 e. The summed E-state index contributed by atoms with van der Waals surface area (Å²) < 4.78 is 69.0. The van der Waals surface area contributed by atoms with Gasteiger partial charge in [0, 0.05) is 64.0 Å². The molecular weight excluding hydrogens is 647 g/mol. The van der Waals surface area contributed by atoms with Crippen LogP contribution in [0.5, 0.6) is 0 Å². The summed E-state index contributed by atoms with van der Waals surface area (Å²) in [4.78, 5) is 14.7. The zero-order valence-corrected chi connectivity index (χ0v) is 27.4. The van der Waals surface area contributed by atoms with Gasteiger partial charge >= 0.3 is 0 Å². The average Bonchev–Trinajstić information content (AvgIpc) is 3.95. The number of hydrogen-bond donors (Lipinski definition) is 0. The lowest BCUT2D eigenvalue weighted by atomic mass is 9.98. The summed E-state index contributed by atoms with van der Waals surface area (Å²) in [6.07, 6.45) is 0. The summed E-state index contributed by atoms with van der Waals surface area (Å²) in [7, 11) is 0. The van der Waals surface area contributed by atoms with Gasteiger partial charge < -0.3 is 8.83 Å². The van der Waals surface area contributed by atoms with Crippen LogP contribution in [0, 0.1) is 0 Å². The van der Waals surface area contributed by atoms with Gasteiger partial charge in [-0.2, -0.15) is 0 Å². The number of nitrogens with zero attached hydrogens (tertiary/aromatic N) is 3. The molecule has 0 aliphatic heterocycles. The minimum Gasteiger partial charge on any atom is -0.456 e. The number of para-hydroxylation sites is 2. The van der Waals surface area contributed by atoms with E-state index in [-0.39, 0.29) is 58.4 Å². The molecule has 5 nitrogen and oxygen atoms in total. The van der Waals surface area contributed by atoms with Gasteiger partial charge in [-0.25, -0.2) is 15.0 Å². The fourth-order valence-electron chi connectivity index (χ4n) is 6.99. The summed E-state index contributed by atoms with van der Waals surface area (Å²) in [5.74, 6) is 0.692. The standard InChI is InChI=1S/C45H25N3O2S/c1-2-11-26(12-3-1)43-46-44(48-45(47-43)34-18-10-22-38-41(34)33-14-5-7-20-36(33)50-38)27-23-24-28-30-16-8-17-31(42(30)51-39(28)25-27)29-15-9-21-37-40(29)32-13-4-6-19-35(32)49-37/h1-25H/i8D,16D,17D,23D,24D,25D. The summed E-state index contributed by atoms with van der Waals surface area (Å²) in [6.45, 7) is 0. The summed E-state index contributed by atoms with van der Waals surface area (Å²) >= 11 is 1.17. The van der Waals surface area contributed by atoms with Gasteiger partial charge in [0.2, 0.25) is 0 Å². The van der Waals surface area contributed by atoms with E-state index in [0.29, 0.717) is 65.6 Å². The van der Waals surface area contributed by atoms with Gasteiger partial charge in [0.25, 0.3) is 0 Å². The van der Waals surface area contributed by atoms with Gasteiger partial charge in [0.1, 0.15) is 22.3 Å². The molecule has 0 bridgehead atoms. The highest BCUT2D eigenvalue weighted by molar-refractivity contribution is 7.26. The molecule has 0 amide bonds. The van der Waals surface area contributed by atoms with Gasteiger partial charge in [-0.1, -0.05) is 121 Å². The van der Waals surface area contributed by atoms with E-state index >= 15 is 0 Å². The zero-order valence-electron chi connectivity index (χ0n) is 32.5. The fraction of sp³-hybridized carbons (Fsp3) is 0. The molecule has 4 heterocycles. The minimum absolute atomic E-state index is 0.0392. The lowest BCUT2D eigenvalue weighted by Crippen LogP contribution is -2.00. The second kappa shape index (κ2) is 10.9.